The summed E-state index contributed by atoms with van der Waals surface area (Å²) in [5.41, 5.74) is 0.959. The van der Waals surface area contributed by atoms with E-state index in [-0.39, 0.29) is 23.7 Å². The lowest BCUT2D eigenvalue weighted by Crippen LogP contribution is -2.44. The molecule has 1 aliphatic rings. The number of hydrogen-bond acceptors (Lipinski definition) is 7. The number of carbonyl (C=O) groups is 3. The van der Waals surface area contributed by atoms with Crippen LogP contribution in [0.1, 0.15) is 50.2 Å². The molecule has 0 fully saturated rings. The molecule has 8 nitrogen and oxygen atoms in total. The lowest BCUT2D eigenvalue weighted by atomic mass is 9.88. The van der Waals surface area contributed by atoms with Crippen molar-refractivity contribution in [3.8, 4) is 0 Å². The molecule has 0 saturated heterocycles. The summed E-state index contributed by atoms with van der Waals surface area (Å²) in [6.07, 6.45) is 2.25. The first-order chi connectivity index (χ1) is 16.2. The highest BCUT2D eigenvalue weighted by atomic mass is 32.2. The van der Waals surface area contributed by atoms with Gasteiger partial charge in [0.1, 0.15) is 0 Å². The number of sulfonamides is 1. The Balaban J connectivity index is 1.79. The van der Waals surface area contributed by atoms with Gasteiger partial charge in [0, 0.05) is 30.7 Å². The minimum Gasteiger partial charge on any atom is -0.349 e. The molecule has 2 atom stereocenters. The van der Waals surface area contributed by atoms with Crippen LogP contribution < -0.4 is 10.0 Å². The van der Waals surface area contributed by atoms with Crippen molar-refractivity contribution < 1.29 is 22.8 Å². The fourth-order valence-corrected chi connectivity index (χ4v) is 6.00. The second kappa shape index (κ2) is 11.8. The summed E-state index contributed by atoms with van der Waals surface area (Å²) >= 11 is 1.51. The molecule has 1 aromatic carbocycles. The fraction of sp³-hybridized carbons (Fsp3) is 0.500. The Hall–Kier alpha value is -2.43. The third kappa shape index (κ3) is 7.28. The van der Waals surface area contributed by atoms with Gasteiger partial charge in [-0.1, -0.05) is 32.0 Å². The molecule has 2 N–H and O–H groups in total. The number of benzene rings is 1. The van der Waals surface area contributed by atoms with E-state index >= 15 is 0 Å². The van der Waals surface area contributed by atoms with Gasteiger partial charge in [0.25, 0.3) is 5.91 Å². The molecule has 0 spiro atoms. The van der Waals surface area contributed by atoms with Gasteiger partial charge in [0.2, 0.25) is 15.8 Å². The predicted octanol–water partition coefficient (Wildman–Crippen LogP) is 2.68. The molecule has 184 valence electrons. The molecule has 0 radical (unpaired) electrons. The number of ketones is 2. The van der Waals surface area contributed by atoms with Crippen LogP contribution in [0.3, 0.4) is 0 Å². The van der Waals surface area contributed by atoms with Gasteiger partial charge in [-0.15, -0.1) is 11.3 Å². The van der Waals surface area contributed by atoms with Gasteiger partial charge in [0.15, 0.2) is 5.78 Å². The van der Waals surface area contributed by atoms with Crippen LogP contribution in [0.15, 0.2) is 40.6 Å². The summed E-state index contributed by atoms with van der Waals surface area (Å²) in [6.45, 7) is 4.14. The maximum atomic E-state index is 13.3. The van der Waals surface area contributed by atoms with Crippen molar-refractivity contribution in [3.05, 3.63) is 46.4 Å². The Bertz CT molecular complexity index is 1110. The average Bonchev–Trinajstić information content (AvgIpc) is 3.25. The Labute approximate surface area is 204 Å². The summed E-state index contributed by atoms with van der Waals surface area (Å²) in [7, 11) is -3.92. The third-order valence-electron chi connectivity index (χ3n) is 5.69. The van der Waals surface area contributed by atoms with E-state index in [1.807, 2.05) is 19.2 Å². The molecule has 2 heterocycles. The van der Waals surface area contributed by atoms with Gasteiger partial charge < -0.3 is 5.32 Å². The third-order valence-corrected chi connectivity index (χ3v) is 8.14. The van der Waals surface area contributed by atoms with E-state index in [0.717, 1.165) is 17.1 Å². The van der Waals surface area contributed by atoms with Crippen LogP contribution in [0, 0.1) is 11.8 Å². The fourth-order valence-electron chi connectivity index (χ4n) is 3.90. The number of aryl methyl sites for hydroxylation is 2. The first kappa shape index (κ1) is 26.2. The first-order valence-electron chi connectivity index (χ1n) is 11.5. The zero-order valence-electron chi connectivity index (χ0n) is 19.5. The first-order valence-corrected chi connectivity index (χ1v) is 13.9. The lowest BCUT2D eigenvalue weighted by Gasteiger charge is -2.22. The number of fused-ring (bicyclic) bond motifs is 2. The number of hydrogen-bond donors (Lipinski definition) is 2. The van der Waals surface area contributed by atoms with Gasteiger partial charge in [-0.25, -0.2) is 18.1 Å². The van der Waals surface area contributed by atoms with E-state index in [2.05, 4.69) is 15.0 Å². The summed E-state index contributed by atoms with van der Waals surface area (Å²) in [4.78, 5) is 43.2. The monoisotopic (exact) mass is 505 g/mol. The molecule has 0 saturated carbocycles. The number of Topliss-reactive ketones (excluding diaryl/α,β-unsaturated/α-hetero) is 2. The van der Waals surface area contributed by atoms with Crippen molar-refractivity contribution in [2.24, 2.45) is 11.8 Å². The average molecular weight is 506 g/mol. The van der Waals surface area contributed by atoms with Crippen molar-refractivity contribution in [2.45, 2.75) is 63.3 Å². The molecular formula is C24H31N3O5S2. The molecule has 2 aromatic rings. The topological polar surface area (TPSA) is 122 Å². The van der Waals surface area contributed by atoms with Crippen LogP contribution in [-0.4, -0.2) is 43.5 Å². The molecule has 10 heteroatoms. The van der Waals surface area contributed by atoms with Gasteiger partial charge in [-0.2, -0.15) is 0 Å². The van der Waals surface area contributed by atoms with Crippen LogP contribution in [0.5, 0.6) is 0 Å². The highest BCUT2D eigenvalue weighted by molar-refractivity contribution is 7.89. The number of thiazole rings is 1. The van der Waals surface area contributed by atoms with E-state index in [0.29, 0.717) is 25.8 Å². The van der Waals surface area contributed by atoms with Gasteiger partial charge in [-0.05, 0) is 43.7 Å². The summed E-state index contributed by atoms with van der Waals surface area (Å²) < 4.78 is 28.2. The highest BCUT2D eigenvalue weighted by Gasteiger charge is 2.32. The van der Waals surface area contributed by atoms with Crippen molar-refractivity contribution >= 4 is 38.8 Å². The van der Waals surface area contributed by atoms with E-state index < -0.39 is 39.5 Å². The molecule has 34 heavy (non-hydrogen) atoms. The smallest absolute Gasteiger partial charge is 0.287 e. The zero-order chi connectivity index (χ0) is 24.7. The Morgan fingerprint density at radius 2 is 1.94 bits per heavy atom. The number of nitrogens with one attached hydrogen (secondary N) is 2. The van der Waals surface area contributed by atoms with E-state index in [1.165, 1.54) is 23.5 Å². The second-order valence-corrected chi connectivity index (χ2v) is 11.6. The van der Waals surface area contributed by atoms with Gasteiger partial charge >= 0.3 is 0 Å². The molecule has 1 amide bonds. The van der Waals surface area contributed by atoms with Crippen molar-refractivity contribution in [1.29, 1.82) is 0 Å². The van der Waals surface area contributed by atoms with Gasteiger partial charge in [0.05, 0.1) is 21.6 Å². The molecule has 2 bridgehead atoms. The summed E-state index contributed by atoms with van der Waals surface area (Å²) in [6, 6.07) is 6.86. The Kier molecular flexibility index (Phi) is 9.10. The normalized spacial score (nSPS) is 18.6. The standard InChI is InChI=1S/C24H31N3O5S2/c1-16(2)13-20(27-34(31,32)19-8-4-3-5-9-19)21(28)14-17-10-11-22-26-18(15-33-22)7-6-12-25-24(30)23(17)29/h3-5,8-9,15-17,20,27H,6-7,10-14H2,1-2H3,(H,25,30). The molecule has 3 rings (SSSR count). The molecule has 2 unspecified atom stereocenters. The van der Waals surface area contributed by atoms with E-state index in [1.54, 1.807) is 18.2 Å². The van der Waals surface area contributed by atoms with E-state index in [4.69, 9.17) is 0 Å². The highest BCUT2D eigenvalue weighted by Crippen LogP contribution is 2.22. The van der Waals surface area contributed by atoms with Crippen LogP contribution in [0.25, 0.3) is 0 Å². The minimum atomic E-state index is -3.92. The number of carbonyl (C=O) groups excluding carboxylic acids is 3. The van der Waals surface area contributed by atoms with Crippen molar-refractivity contribution in [2.75, 3.05) is 6.54 Å². The largest absolute Gasteiger partial charge is 0.349 e. The second-order valence-electron chi connectivity index (χ2n) is 8.98. The van der Waals surface area contributed by atoms with Crippen LogP contribution in [0.4, 0.5) is 0 Å². The molecule has 1 aromatic heterocycles. The summed E-state index contributed by atoms with van der Waals surface area (Å²) in [5.74, 6) is -2.53. The SMILES string of the molecule is CC(C)CC(NS(=O)(=O)c1ccccc1)C(=O)CC1CCc2nc(cs2)CCCNC(=O)C1=O. The Morgan fingerprint density at radius 3 is 2.65 bits per heavy atom. The summed E-state index contributed by atoms with van der Waals surface area (Å²) in [5, 5.41) is 5.48. The number of nitrogens with zero attached hydrogens (tertiary/aromatic N) is 1. The number of amides is 1. The van der Waals surface area contributed by atoms with Gasteiger partial charge in [-0.3, -0.25) is 14.4 Å². The lowest BCUT2D eigenvalue weighted by molar-refractivity contribution is -0.141. The van der Waals surface area contributed by atoms with E-state index in [9.17, 15) is 22.8 Å². The number of rotatable bonds is 8. The molecule has 1 aliphatic heterocycles. The van der Waals surface area contributed by atoms with Crippen molar-refractivity contribution in [1.82, 2.24) is 15.0 Å². The minimum absolute atomic E-state index is 0.0384. The van der Waals surface area contributed by atoms with Crippen LogP contribution in [0.2, 0.25) is 0 Å². The maximum absolute atomic E-state index is 13.3. The van der Waals surface area contributed by atoms with Crippen molar-refractivity contribution in [3.63, 3.8) is 0 Å². The maximum Gasteiger partial charge on any atom is 0.287 e. The quantitative estimate of drug-likeness (QED) is 0.532. The Morgan fingerprint density at radius 1 is 1.21 bits per heavy atom. The number of aromatic nitrogens is 1. The molecular weight excluding hydrogens is 474 g/mol. The van der Waals surface area contributed by atoms with Crippen LogP contribution >= 0.6 is 11.3 Å². The predicted molar refractivity (Wildman–Crippen MR) is 130 cm³/mol. The molecule has 0 aliphatic carbocycles. The zero-order valence-corrected chi connectivity index (χ0v) is 21.1. The van der Waals surface area contributed by atoms with Crippen LogP contribution in [-0.2, 0) is 37.2 Å².